The average Bonchev–Trinajstić information content (AvgIpc) is 2.43. The summed E-state index contributed by atoms with van der Waals surface area (Å²) in [5.74, 6) is 0.984. The topological polar surface area (TPSA) is 72.2 Å². The number of nitrogens with two attached hydrogens (primary N) is 1. The lowest BCUT2D eigenvalue weighted by Crippen LogP contribution is -2.33. The van der Waals surface area contributed by atoms with Crippen molar-refractivity contribution in [2.24, 2.45) is 11.8 Å². The van der Waals surface area contributed by atoms with Gasteiger partial charge in [-0.25, -0.2) is 13.1 Å². The second-order valence-corrected chi connectivity index (χ2v) is 8.16. The zero-order chi connectivity index (χ0) is 15.6. The van der Waals surface area contributed by atoms with E-state index in [1.165, 1.54) is 25.3 Å². The number of hydrogen-bond acceptors (Lipinski definition) is 3. The fraction of sp³-hybridized carbons (Fsp3) is 0.600. The minimum absolute atomic E-state index is 0.186. The van der Waals surface area contributed by atoms with Gasteiger partial charge in [0.05, 0.1) is 15.6 Å². The summed E-state index contributed by atoms with van der Waals surface area (Å²) in [6.07, 6.45) is 4.70. The quantitative estimate of drug-likeness (QED) is 0.832. The van der Waals surface area contributed by atoms with Crippen molar-refractivity contribution in [3.63, 3.8) is 0 Å². The molecule has 118 valence electrons. The molecule has 4 nitrogen and oxygen atoms in total. The highest BCUT2D eigenvalue weighted by atomic mass is 35.5. The molecular weight excluding hydrogens is 308 g/mol. The Bertz CT molecular complexity index is 593. The molecule has 0 amide bonds. The number of nitrogens with one attached hydrogen (secondary N) is 1. The molecule has 0 radical (unpaired) electrons. The highest BCUT2D eigenvalue weighted by Gasteiger charge is 2.24. The van der Waals surface area contributed by atoms with Crippen LogP contribution < -0.4 is 10.5 Å². The van der Waals surface area contributed by atoms with Crippen LogP contribution in [0.3, 0.4) is 0 Å². The van der Waals surface area contributed by atoms with E-state index in [4.69, 9.17) is 17.3 Å². The fourth-order valence-electron chi connectivity index (χ4n) is 2.91. The van der Waals surface area contributed by atoms with Crippen molar-refractivity contribution in [2.45, 2.75) is 44.4 Å². The van der Waals surface area contributed by atoms with Gasteiger partial charge in [-0.15, -0.1) is 0 Å². The highest BCUT2D eigenvalue weighted by molar-refractivity contribution is 7.89. The Labute approximate surface area is 132 Å². The summed E-state index contributed by atoms with van der Waals surface area (Å²) in [7, 11) is -3.53. The maximum absolute atomic E-state index is 12.4. The molecule has 3 N–H and O–H groups in total. The van der Waals surface area contributed by atoms with E-state index >= 15 is 0 Å². The Kier molecular flexibility index (Phi) is 5.17. The number of anilines is 1. The number of benzene rings is 1. The van der Waals surface area contributed by atoms with Crippen LogP contribution in [-0.4, -0.2) is 15.0 Å². The first-order valence-electron chi connectivity index (χ1n) is 7.36. The molecule has 2 atom stereocenters. The Balaban J connectivity index is 2.11. The lowest BCUT2D eigenvalue weighted by Gasteiger charge is -2.28. The van der Waals surface area contributed by atoms with Crippen LogP contribution >= 0.6 is 11.6 Å². The number of rotatable bonds is 4. The maximum atomic E-state index is 12.4. The number of sulfonamides is 1. The van der Waals surface area contributed by atoms with E-state index in [1.807, 2.05) is 0 Å². The predicted molar refractivity (Wildman–Crippen MR) is 86.9 cm³/mol. The molecule has 1 aliphatic rings. The van der Waals surface area contributed by atoms with Crippen molar-refractivity contribution in [2.75, 3.05) is 12.3 Å². The summed E-state index contributed by atoms with van der Waals surface area (Å²) in [4.78, 5) is 0.186. The van der Waals surface area contributed by atoms with E-state index < -0.39 is 10.0 Å². The summed E-state index contributed by atoms with van der Waals surface area (Å²) < 4.78 is 27.5. The van der Waals surface area contributed by atoms with Gasteiger partial charge >= 0.3 is 0 Å². The van der Waals surface area contributed by atoms with Crippen molar-refractivity contribution in [1.82, 2.24) is 4.72 Å². The predicted octanol–water partition coefficient (Wildman–Crippen LogP) is 3.34. The molecule has 0 heterocycles. The lowest BCUT2D eigenvalue weighted by molar-refractivity contribution is 0.257. The second kappa shape index (κ2) is 6.55. The third-order valence-corrected chi connectivity index (χ3v) is 6.31. The fourth-order valence-corrected chi connectivity index (χ4v) is 4.24. The zero-order valence-corrected chi connectivity index (χ0v) is 14.1. The zero-order valence-electron chi connectivity index (χ0n) is 12.5. The van der Waals surface area contributed by atoms with Gasteiger partial charge in [0.15, 0.2) is 0 Å². The molecule has 0 saturated heterocycles. The van der Waals surface area contributed by atoms with E-state index in [0.29, 0.717) is 34.7 Å². The Hall–Kier alpha value is -0.780. The van der Waals surface area contributed by atoms with Crippen LogP contribution in [0, 0.1) is 18.8 Å². The van der Waals surface area contributed by atoms with Crippen LogP contribution in [-0.2, 0) is 10.0 Å². The van der Waals surface area contributed by atoms with Crippen LogP contribution in [0.25, 0.3) is 0 Å². The normalized spacial score (nSPS) is 23.2. The van der Waals surface area contributed by atoms with Gasteiger partial charge in [-0.2, -0.15) is 0 Å². The van der Waals surface area contributed by atoms with Crippen LogP contribution in [0.1, 0.15) is 38.2 Å². The molecular formula is C15H23ClN2O2S. The number of halogens is 1. The molecule has 0 spiro atoms. The van der Waals surface area contributed by atoms with Crippen LogP contribution in [0.2, 0.25) is 5.02 Å². The number of hydrogen-bond donors (Lipinski definition) is 2. The second-order valence-electron chi connectivity index (χ2n) is 6.02. The summed E-state index contributed by atoms with van der Waals surface area (Å²) in [6.45, 7) is 4.44. The van der Waals surface area contributed by atoms with E-state index in [-0.39, 0.29) is 4.90 Å². The lowest BCUT2D eigenvalue weighted by atomic mass is 9.81. The first kappa shape index (κ1) is 16.6. The molecule has 1 fully saturated rings. The molecule has 0 aromatic heterocycles. The molecule has 0 aliphatic heterocycles. The summed E-state index contributed by atoms with van der Waals surface area (Å²) in [5.41, 5.74) is 6.72. The first-order chi connectivity index (χ1) is 9.81. The largest absolute Gasteiger partial charge is 0.397 e. The van der Waals surface area contributed by atoms with Gasteiger partial charge in [-0.05, 0) is 42.9 Å². The van der Waals surface area contributed by atoms with Gasteiger partial charge in [0.1, 0.15) is 0 Å². The Morgan fingerprint density at radius 2 is 2.00 bits per heavy atom. The van der Waals surface area contributed by atoms with E-state index in [0.717, 1.165) is 6.42 Å². The van der Waals surface area contributed by atoms with Crippen LogP contribution in [0.5, 0.6) is 0 Å². The van der Waals surface area contributed by atoms with E-state index in [9.17, 15) is 8.42 Å². The molecule has 1 aromatic carbocycles. The van der Waals surface area contributed by atoms with Crippen LogP contribution in [0.4, 0.5) is 5.69 Å². The van der Waals surface area contributed by atoms with Crippen molar-refractivity contribution in [3.8, 4) is 0 Å². The van der Waals surface area contributed by atoms with Gasteiger partial charge in [-0.1, -0.05) is 37.8 Å². The number of nitrogen functional groups attached to an aromatic ring is 1. The standard InChI is InChI=1S/C15H23ClN2O2S/c1-10-5-3-4-6-12(10)9-18-21(19,20)13-7-11(2)15(16)14(17)8-13/h7-8,10,12,18H,3-6,9,17H2,1-2H3. The van der Waals surface area contributed by atoms with Gasteiger partial charge in [0, 0.05) is 6.54 Å². The smallest absolute Gasteiger partial charge is 0.240 e. The van der Waals surface area contributed by atoms with Gasteiger partial charge in [0.2, 0.25) is 10.0 Å². The van der Waals surface area contributed by atoms with E-state index in [1.54, 1.807) is 13.0 Å². The molecule has 1 aromatic rings. The van der Waals surface area contributed by atoms with Gasteiger partial charge < -0.3 is 5.73 Å². The Morgan fingerprint density at radius 3 is 2.62 bits per heavy atom. The maximum Gasteiger partial charge on any atom is 0.240 e. The van der Waals surface area contributed by atoms with Gasteiger partial charge in [-0.3, -0.25) is 0 Å². The van der Waals surface area contributed by atoms with Gasteiger partial charge in [0.25, 0.3) is 0 Å². The molecule has 21 heavy (non-hydrogen) atoms. The molecule has 6 heteroatoms. The molecule has 1 saturated carbocycles. The Morgan fingerprint density at radius 1 is 1.33 bits per heavy atom. The molecule has 0 bridgehead atoms. The third-order valence-electron chi connectivity index (χ3n) is 4.39. The highest BCUT2D eigenvalue weighted by Crippen LogP contribution is 2.30. The summed E-state index contributed by atoms with van der Waals surface area (Å²) in [6, 6.07) is 2.98. The monoisotopic (exact) mass is 330 g/mol. The minimum Gasteiger partial charge on any atom is -0.397 e. The summed E-state index contributed by atoms with van der Waals surface area (Å²) in [5, 5.41) is 0.412. The third kappa shape index (κ3) is 3.90. The average molecular weight is 331 g/mol. The molecule has 2 unspecified atom stereocenters. The first-order valence-corrected chi connectivity index (χ1v) is 9.22. The molecule has 2 rings (SSSR count). The SMILES string of the molecule is Cc1cc(S(=O)(=O)NCC2CCCCC2C)cc(N)c1Cl. The van der Waals surface area contributed by atoms with Crippen LogP contribution in [0.15, 0.2) is 17.0 Å². The number of aryl methyl sites for hydroxylation is 1. The van der Waals surface area contributed by atoms with Crippen molar-refractivity contribution >= 4 is 27.3 Å². The van der Waals surface area contributed by atoms with Crippen molar-refractivity contribution in [3.05, 3.63) is 22.7 Å². The summed E-state index contributed by atoms with van der Waals surface area (Å²) >= 11 is 5.98. The minimum atomic E-state index is -3.53. The van der Waals surface area contributed by atoms with Crippen molar-refractivity contribution < 1.29 is 8.42 Å². The molecule has 1 aliphatic carbocycles. The van der Waals surface area contributed by atoms with E-state index in [2.05, 4.69) is 11.6 Å². The van der Waals surface area contributed by atoms with Crippen molar-refractivity contribution in [1.29, 1.82) is 0 Å².